The van der Waals surface area contributed by atoms with Crippen LogP contribution in [0.4, 0.5) is 4.39 Å². The number of fused-ring (bicyclic) bond motifs is 3. The van der Waals surface area contributed by atoms with Crippen molar-refractivity contribution in [3.8, 4) is 23.0 Å². The van der Waals surface area contributed by atoms with E-state index in [1.165, 1.54) is 6.07 Å². The zero-order valence-corrected chi connectivity index (χ0v) is 21.3. The number of rotatable bonds is 6. The van der Waals surface area contributed by atoms with Crippen molar-refractivity contribution in [1.82, 2.24) is 4.90 Å². The summed E-state index contributed by atoms with van der Waals surface area (Å²) in [6, 6.07) is 15.6. The molecule has 0 bridgehead atoms. The van der Waals surface area contributed by atoms with Crippen molar-refractivity contribution < 1.29 is 33.3 Å². The van der Waals surface area contributed by atoms with Gasteiger partial charge >= 0.3 is 5.97 Å². The van der Waals surface area contributed by atoms with E-state index in [9.17, 15) is 14.7 Å². The Labute approximate surface area is 225 Å². The molecule has 200 valence electrons. The summed E-state index contributed by atoms with van der Waals surface area (Å²) in [6.07, 6.45) is 3.38. The molecule has 2 aliphatic carbocycles. The minimum Gasteiger partial charge on any atom is -0.492 e. The van der Waals surface area contributed by atoms with Gasteiger partial charge in [-0.3, -0.25) is 9.59 Å². The number of hydrogen-bond acceptors (Lipinski definition) is 5. The molecule has 2 fully saturated rings. The Hall–Kier alpha value is -4.07. The lowest BCUT2D eigenvalue weighted by Gasteiger charge is -2.18. The quantitative estimate of drug-likeness (QED) is 0.444. The van der Waals surface area contributed by atoms with Crippen LogP contribution < -0.4 is 14.2 Å². The van der Waals surface area contributed by atoms with Gasteiger partial charge in [-0.2, -0.15) is 0 Å². The van der Waals surface area contributed by atoms with Crippen molar-refractivity contribution in [2.45, 2.75) is 43.6 Å². The summed E-state index contributed by atoms with van der Waals surface area (Å²) in [4.78, 5) is 26.0. The largest absolute Gasteiger partial charge is 0.492 e. The number of halogens is 1. The van der Waals surface area contributed by atoms with E-state index in [2.05, 4.69) is 0 Å². The van der Waals surface area contributed by atoms with Gasteiger partial charge in [-0.05, 0) is 74.6 Å². The molecule has 1 saturated carbocycles. The molecule has 4 aliphatic rings. The Kier molecular flexibility index (Phi) is 5.54. The summed E-state index contributed by atoms with van der Waals surface area (Å²) in [5.74, 6) is 0.826. The first-order valence-corrected chi connectivity index (χ1v) is 13.5. The van der Waals surface area contributed by atoms with Crippen LogP contribution in [0.5, 0.6) is 23.0 Å². The van der Waals surface area contributed by atoms with E-state index < -0.39 is 23.4 Å². The van der Waals surface area contributed by atoms with Crippen molar-refractivity contribution >= 4 is 11.9 Å². The van der Waals surface area contributed by atoms with Crippen LogP contribution in [0.1, 0.15) is 58.8 Å². The predicted molar refractivity (Wildman–Crippen MR) is 139 cm³/mol. The Morgan fingerprint density at radius 1 is 1.03 bits per heavy atom. The van der Waals surface area contributed by atoms with Gasteiger partial charge in [0.2, 0.25) is 0 Å². The number of carbonyl (C=O) groups excluding carboxylic acids is 1. The highest BCUT2D eigenvalue weighted by atomic mass is 19.1. The molecule has 3 aromatic carbocycles. The summed E-state index contributed by atoms with van der Waals surface area (Å²) in [5, 5.41) is 9.42. The average molecular weight is 530 g/mol. The molecule has 1 amide bonds. The van der Waals surface area contributed by atoms with E-state index >= 15 is 4.39 Å². The molecule has 0 aromatic heterocycles. The zero-order valence-electron chi connectivity index (χ0n) is 21.3. The SMILES string of the molecule is O=C(O)C1CC12COc1cc(O[C@@H]3CCc4c(Oc5ccc(C(=O)N6CCCC6)cc5)ccc(F)c43)ccc12. The van der Waals surface area contributed by atoms with Crippen LogP contribution in [0.25, 0.3) is 0 Å². The van der Waals surface area contributed by atoms with Gasteiger partial charge in [0.25, 0.3) is 5.91 Å². The van der Waals surface area contributed by atoms with Crippen molar-refractivity contribution in [3.63, 3.8) is 0 Å². The van der Waals surface area contributed by atoms with Crippen LogP contribution in [0, 0.1) is 11.7 Å². The van der Waals surface area contributed by atoms with Gasteiger partial charge in [0.05, 0.1) is 12.5 Å². The fraction of sp³-hybridized carbons (Fsp3) is 0.355. The van der Waals surface area contributed by atoms with Gasteiger partial charge in [-0.1, -0.05) is 6.07 Å². The van der Waals surface area contributed by atoms with E-state index in [0.717, 1.165) is 37.1 Å². The fourth-order valence-electron chi connectivity index (χ4n) is 6.39. The molecular formula is C31H28FNO6. The van der Waals surface area contributed by atoms with E-state index in [0.29, 0.717) is 60.0 Å². The summed E-state index contributed by atoms with van der Waals surface area (Å²) < 4.78 is 33.2. The average Bonchev–Trinajstić information content (AvgIpc) is 3.28. The maximum atomic E-state index is 15.0. The Morgan fingerprint density at radius 2 is 1.79 bits per heavy atom. The maximum Gasteiger partial charge on any atom is 0.307 e. The fourth-order valence-corrected chi connectivity index (χ4v) is 6.39. The Bertz CT molecular complexity index is 1480. The van der Waals surface area contributed by atoms with Crippen molar-refractivity contribution in [2.24, 2.45) is 5.92 Å². The van der Waals surface area contributed by atoms with Gasteiger partial charge in [-0.25, -0.2) is 4.39 Å². The van der Waals surface area contributed by atoms with Gasteiger partial charge in [0, 0.05) is 46.8 Å². The molecule has 1 spiro atoms. The molecule has 3 atom stereocenters. The molecule has 2 aliphatic heterocycles. The summed E-state index contributed by atoms with van der Waals surface area (Å²) >= 11 is 0. The second kappa shape index (κ2) is 9.00. The van der Waals surface area contributed by atoms with Crippen LogP contribution in [0.15, 0.2) is 54.6 Å². The van der Waals surface area contributed by atoms with Gasteiger partial charge in [0.15, 0.2) is 0 Å². The highest BCUT2D eigenvalue weighted by Crippen LogP contribution is 2.60. The first-order chi connectivity index (χ1) is 18.9. The second-order valence-electron chi connectivity index (χ2n) is 10.9. The maximum absolute atomic E-state index is 15.0. The Balaban J connectivity index is 1.08. The first-order valence-electron chi connectivity index (χ1n) is 13.5. The van der Waals surface area contributed by atoms with Crippen LogP contribution in [0.3, 0.4) is 0 Å². The monoisotopic (exact) mass is 529 g/mol. The van der Waals surface area contributed by atoms with E-state index in [1.807, 2.05) is 17.0 Å². The minimum absolute atomic E-state index is 0.0349. The number of ether oxygens (including phenoxy) is 3. The third-order valence-electron chi connectivity index (χ3n) is 8.59. The molecule has 1 N–H and O–H groups in total. The number of carboxylic acids is 1. The summed E-state index contributed by atoms with van der Waals surface area (Å²) in [7, 11) is 0. The van der Waals surface area contributed by atoms with Crippen molar-refractivity contribution in [3.05, 3.63) is 82.7 Å². The zero-order chi connectivity index (χ0) is 26.7. The Morgan fingerprint density at radius 3 is 2.54 bits per heavy atom. The highest BCUT2D eigenvalue weighted by molar-refractivity contribution is 5.94. The number of hydrogen-bond donors (Lipinski definition) is 1. The molecule has 2 unspecified atom stereocenters. The molecule has 3 aromatic rings. The van der Waals surface area contributed by atoms with Crippen LogP contribution in [0.2, 0.25) is 0 Å². The third-order valence-corrected chi connectivity index (χ3v) is 8.59. The number of amides is 1. The van der Waals surface area contributed by atoms with E-state index in [-0.39, 0.29) is 11.7 Å². The standard InChI is InChI=1S/C31H28FNO6/c32-24-10-12-25(38-19-5-3-18(4-6-19)29(34)33-13-1-2-14-33)21-8-11-26(28(21)24)39-20-7-9-22-27(15-20)37-17-31(22)16-23(31)30(35)36/h3-7,9-10,12,15,23,26H,1-2,8,11,13-14,16-17H2,(H,35,36)/t23?,26-,31?/m1/s1. The van der Waals surface area contributed by atoms with Crippen LogP contribution in [-0.4, -0.2) is 41.6 Å². The number of carbonyl (C=O) groups is 2. The molecule has 7 rings (SSSR count). The number of benzene rings is 3. The normalized spacial score (nSPS) is 24.3. The second-order valence-corrected chi connectivity index (χ2v) is 10.9. The van der Waals surface area contributed by atoms with Crippen LogP contribution >= 0.6 is 0 Å². The molecule has 0 radical (unpaired) electrons. The first kappa shape index (κ1) is 24.0. The minimum atomic E-state index is -0.797. The lowest BCUT2D eigenvalue weighted by molar-refractivity contribution is -0.139. The smallest absolute Gasteiger partial charge is 0.307 e. The van der Waals surface area contributed by atoms with Crippen molar-refractivity contribution in [2.75, 3.05) is 19.7 Å². The molecule has 7 nitrogen and oxygen atoms in total. The lowest BCUT2D eigenvalue weighted by Crippen LogP contribution is -2.27. The van der Waals surface area contributed by atoms with Crippen molar-refractivity contribution in [1.29, 1.82) is 0 Å². The van der Waals surface area contributed by atoms with E-state index in [4.69, 9.17) is 14.2 Å². The molecule has 2 heterocycles. The summed E-state index contributed by atoms with van der Waals surface area (Å²) in [5.41, 5.74) is 2.36. The van der Waals surface area contributed by atoms with Gasteiger partial charge in [0.1, 0.15) is 34.9 Å². The molecule has 39 heavy (non-hydrogen) atoms. The molecule has 8 heteroatoms. The van der Waals surface area contributed by atoms with E-state index in [1.54, 1.807) is 36.4 Å². The number of carboxylic acid groups (broad SMARTS) is 1. The topological polar surface area (TPSA) is 85.3 Å². The summed E-state index contributed by atoms with van der Waals surface area (Å²) in [6.45, 7) is 1.96. The van der Waals surface area contributed by atoms with Crippen LogP contribution in [-0.2, 0) is 16.6 Å². The number of likely N-dealkylation sites (tertiary alicyclic amines) is 1. The molecular weight excluding hydrogens is 501 g/mol. The molecule has 1 saturated heterocycles. The lowest BCUT2D eigenvalue weighted by atomic mass is 9.95. The number of nitrogens with zero attached hydrogens (tertiary/aromatic N) is 1. The predicted octanol–water partition coefficient (Wildman–Crippen LogP) is 5.66. The van der Waals surface area contributed by atoms with Gasteiger partial charge in [-0.15, -0.1) is 0 Å². The van der Waals surface area contributed by atoms with Gasteiger partial charge < -0.3 is 24.2 Å². The highest BCUT2D eigenvalue weighted by Gasteiger charge is 2.63. The number of aliphatic carboxylic acids is 1. The third kappa shape index (κ3) is 4.01.